The van der Waals surface area contributed by atoms with Gasteiger partial charge in [-0.15, -0.1) is 0 Å². The summed E-state index contributed by atoms with van der Waals surface area (Å²) in [5.74, 6) is 0. The van der Waals surface area contributed by atoms with Gasteiger partial charge in [0.1, 0.15) is 6.04 Å². The quantitative estimate of drug-likeness (QED) is 0.380. The van der Waals surface area contributed by atoms with Crippen molar-refractivity contribution in [2.24, 2.45) is 12.2 Å². The second-order valence-corrected chi connectivity index (χ2v) is 5.33. The first-order valence-corrected chi connectivity index (χ1v) is 6.08. The average molecular weight is 261 g/mol. The topological polar surface area (TPSA) is 102 Å². The van der Waals surface area contributed by atoms with Gasteiger partial charge in [0.25, 0.3) is 0 Å². The molecule has 0 radical (unpaired) electrons. The highest BCUT2D eigenvalue weighted by Crippen LogP contribution is 2.28. The van der Waals surface area contributed by atoms with Crippen LogP contribution in [-0.2, 0) is 12.5 Å². The van der Waals surface area contributed by atoms with E-state index in [1.807, 2.05) is 13.2 Å². The zero-order valence-electron chi connectivity index (χ0n) is 11.8. The van der Waals surface area contributed by atoms with Gasteiger partial charge in [-0.2, -0.15) is 10.4 Å². The van der Waals surface area contributed by atoms with Crippen molar-refractivity contribution in [1.82, 2.24) is 15.1 Å². The third-order valence-corrected chi connectivity index (χ3v) is 2.63. The summed E-state index contributed by atoms with van der Waals surface area (Å²) < 4.78 is 1.72. The van der Waals surface area contributed by atoms with Crippen molar-refractivity contribution in [1.29, 1.82) is 5.26 Å². The third-order valence-electron chi connectivity index (χ3n) is 2.63. The van der Waals surface area contributed by atoms with Crippen LogP contribution in [0.15, 0.2) is 11.3 Å². The van der Waals surface area contributed by atoms with Gasteiger partial charge in [-0.25, -0.2) is 0 Å². The maximum Gasteiger partial charge on any atom is 0.124 e. The zero-order valence-corrected chi connectivity index (χ0v) is 11.8. The molecule has 7 heteroatoms. The second-order valence-electron chi connectivity index (χ2n) is 5.33. The molecule has 0 spiro atoms. The summed E-state index contributed by atoms with van der Waals surface area (Å²) in [6.45, 7) is 6.97. The Balaban J connectivity index is 2.93. The third kappa shape index (κ3) is 3.98. The first kappa shape index (κ1) is 15.0. The molecule has 0 fully saturated rings. The van der Waals surface area contributed by atoms with Gasteiger partial charge in [-0.05, 0) is 5.53 Å². The minimum absolute atomic E-state index is 0.127. The van der Waals surface area contributed by atoms with Gasteiger partial charge in [0, 0.05) is 42.2 Å². The maximum absolute atomic E-state index is 9.28. The normalized spacial score (nSPS) is 12.6. The van der Waals surface area contributed by atoms with Crippen LogP contribution in [0.3, 0.4) is 0 Å². The fourth-order valence-corrected chi connectivity index (χ4v) is 1.83. The molecular formula is C12H19N7. The van der Waals surface area contributed by atoms with Crippen molar-refractivity contribution in [2.75, 3.05) is 13.1 Å². The minimum atomic E-state index is -0.447. The number of nitrogens with zero attached hydrogens (tertiary/aromatic N) is 6. The molecule has 0 aliphatic heterocycles. The average Bonchev–Trinajstić information content (AvgIpc) is 2.71. The highest BCUT2D eigenvalue weighted by molar-refractivity contribution is 5.31. The molecule has 1 rings (SSSR count). The monoisotopic (exact) mass is 261 g/mol. The predicted octanol–water partition coefficient (Wildman–Crippen LogP) is 2.18. The first-order chi connectivity index (χ1) is 8.90. The maximum atomic E-state index is 9.28. The first-order valence-electron chi connectivity index (χ1n) is 6.08. The lowest BCUT2D eigenvalue weighted by Gasteiger charge is -2.19. The highest BCUT2D eigenvalue weighted by Gasteiger charge is 2.26. The van der Waals surface area contributed by atoms with Crippen molar-refractivity contribution >= 4 is 0 Å². The summed E-state index contributed by atoms with van der Waals surface area (Å²) in [5.41, 5.74) is 9.86. The van der Waals surface area contributed by atoms with Crippen LogP contribution in [0, 0.1) is 11.3 Å². The van der Waals surface area contributed by atoms with Crippen LogP contribution in [0.25, 0.3) is 10.4 Å². The van der Waals surface area contributed by atoms with Crippen LogP contribution < -0.4 is 5.32 Å². The number of nitriles is 1. The van der Waals surface area contributed by atoms with E-state index in [1.165, 1.54) is 0 Å². The molecule has 1 aromatic rings. The molecule has 1 N–H and O–H groups in total. The van der Waals surface area contributed by atoms with Gasteiger partial charge in [-0.3, -0.25) is 10.00 Å². The molecular weight excluding hydrogens is 242 g/mol. The van der Waals surface area contributed by atoms with E-state index < -0.39 is 6.04 Å². The summed E-state index contributed by atoms with van der Waals surface area (Å²) in [5, 5.41) is 20.2. The summed E-state index contributed by atoms with van der Waals surface area (Å²) in [4.78, 5) is 2.68. The summed E-state index contributed by atoms with van der Waals surface area (Å²) in [6, 6.07) is 1.77. The van der Waals surface area contributed by atoms with Crippen molar-refractivity contribution in [2.45, 2.75) is 32.2 Å². The molecule has 1 aromatic heterocycles. The van der Waals surface area contributed by atoms with E-state index in [1.54, 1.807) is 4.68 Å². The summed E-state index contributed by atoms with van der Waals surface area (Å²) in [7, 11) is 1.84. The minimum Gasteiger partial charge on any atom is -0.298 e. The van der Waals surface area contributed by atoms with Crippen LogP contribution in [0.4, 0.5) is 0 Å². The van der Waals surface area contributed by atoms with Crippen molar-refractivity contribution < 1.29 is 0 Å². The molecule has 0 aromatic carbocycles. The van der Waals surface area contributed by atoms with E-state index in [-0.39, 0.29) is 5.41 Å². The van der Waals surface area contributed by atoms with Gasteiger partial charge >= 0.3 is 0 Å². The number of hydrogen-bond donors (Lipinski definition) is 1. The fraction of sp³-hybridized carbons (Fsp3) is 0.667. The molecule has 19 heavy (non-hydrogen) atoms. The van der Waals surface area contributed by atoms with Gasteiger partial charge in [0.05, 0.1) is 11.8 Å². The molecule has 1 atom stereocenters. The Morgan fingerprint density at radius 3 is 2.84 bits per heavy atom. The second kappa shape index (κ2) is 6.23. The highest BCUT2D eigenvalue weighted by atomic mass is 15.3. The van der Waals surface area contributed by atoms with Crippen LogP contribution in [0.2, 0.25) is 0 Å². The van der Waals surface area contributed by atoms with Gasteiger partial charge in [0.15, 0.2) is 0 Å². The molecule has 0 saturated heterocycles. The number of aryl methyl sites for hydroxylation is 1. The van der Waals surface area contributed by atoms with Crippen LogP contribution in [0.5, 0.6) is 0 Å². The van der Waals surface area contributed by atoms with Crippen LogP contribution >= 0.6 is 0 Å². The molecule has 0 aliphatic carbocycles. The van der Waals surface area contributed by atoms with E-state index in [0.29, 0.717) is 13.1 Å². The van der Waals surface area contributed by atoms with Crippen LogP contribution in [-0.4, -0.2) is 22.9 Å². The number of hydrogen-bond acceptors (Lipinski definition) is 4. The Morgan fingerprint density at radius 1 is 1.63 bits per heavy atom. The van der Waals surface area contributed by atoms with E-state index >= 15 is 0 Å². The summed E-state index contributed by atoms with van der Waals surface area (Å²) in [6.07, 6.45) is 1.86. The van der Waals surface area contributed by atoms with Crippen molar-refractivity contribution in [3.8, 4) is 6.07 Å². The van der Waals surface area contributed by atoms with Crippen molar-refractivity contribution in [3.63, 3.8) is 0 Å². The molecule has 0 bridgehead atoms. The van der Waals surface area contributed by atoms with Gasteiger partial charge in [-0.1, -0.05) is 25.9 Å². The molecule has 1 unspecified atom stereocenters. The van der Waals surface area contributed by atoms with Crippen LogP contribution in [0.1, 0.15) is 38.1 Å². The Morgan fingerprint density at radius 2 is 2.32 bits per heavy atom. The molecule has 7 nitrogen and oxygen atoms in total. The Labute approximate surface area is 112 Å². The summed E-state index contributed by atoms with van der Waals surface area (Å²) >= 11 is 0. The largest absolute Gasteiger partial charge is 0.298 e. The lowest BCUT2D eigenvalue weighted by molar-refractivity contribution is 0.537. The molecule has 0 amide bonds. The zero-order chi connectivity index (χ0) is 14.5. The number of rotatable bonds is 5. The van der Waals surface area contributed by atoms with E-state index in [0.717, 1.165) is 11.3 Å². The van der Waals surface area contributed by atoms with E-state index in [9.17, 15) is 5.26 Å². The Hall–Kier alpha value is -2.03. The molecule has 1 heterocycles. The van der Waals surface area contributed by atoms with E-state index in [2.05, 4.69) is 47.3 Å². The smallest absolute Gasteiger partial charge is 0.124 e. The predicted molar refractivity (Wildman–Crippen MR) is 72.3 cm³/mol. The van der Waals surface area contributed by atoms with Gasteiger partial charge < -0.3 is 0 Å². The molecule has 102 valence electrons. The fourth-order valence-electron chi connectivity index (χ4n) is 1.83. The lowest BCUT2D eigenvalue weighted by atomic mass is 9.88. The number of aromatic nitrogens is 2. The number of nitrogens with one attached hydrogen (secondary N) is 1. The molecule has 0 aliphatic rings. The lowest BCUT2D eigenvalue weighted by Crippen LogP contribution is -2.25. The Kier molecular flexibility index (Phi) is 4.93. The SMILES string of the molecule is Cn1cc(C(C#N)NCCN=[N+]=[N-])c(C(C)(C)C)n1. The Bertz CT molecular complexity index is 511. The van der Waals surface area contributed by atoms with Gasteiger partial charge in [0.2, 0.25) is 0 Å². The van der Waals surface area contributed by atoms with E-state index in [4.69, 9.17) is 5.53 Å². The number of azide groups is 1. The standard InChI is InChI=1S/C12H19N7/c1-12(2,3)11-9(8-19(4)17-11)10(7-13)15-5-6-16-18-14/h8,10,15H,5-6H2,1-4H3. The van der Waals surface area contributed by atoms with Crippen molar-refractivity contribution in [3.05, 3.63) is 27.9 Å². The molecule has 0 saturated carbocycles.